The number of aromatic nitrogens is 3. The Bertz CT molecular complexity index is 1350. The summed E-state index contributed by atoms with van der Waals surface area (Å²) in [7, 11) is 1.83. The van der Waals surface area contributed by atoms with Gasteiger partial charge in [0.05, 0.1) is 27.5 Å². The van der Waals surface area contributed by atoms with E-state index in [2.05, 4.69) is 15.4 Å². The van der Waals surface area contributed by atoms with Gasteiger partial charge in [0.2, 0.25) is 0 Å². The van der Waals surface area contributed by atoms with Crippen molar-refractivity contribution in [3.8, 4) is 0 Å². The van der Waals surface area contributed by atoms with Crippen LogP contribution in [0.4, 0.5) is 17.6 Å². The molecule has 4 nitrogen and oxygen atoms in total. The summed E-state index contributed by atoms with van der Waals surface area (Å²) >= 11 is 6.09. The van der Waals surface area contributed by atoms with Gasteiger partial charge in [0.15, 0.2) is 0 Å². The Morgan fingerprint density at radius 3 is 2.25 bits per heavy atom. The first kappa shape index (κ1) is 25.9. The molecule has 2 aromatic heterocycles. The molecule has 1 unspecified atom stereocenters. The van der Waals surface area contributed by atoms with Crippen molar-refractivity contribution in [2.24, 2.45) is 7.05 Å². The van der Waals surface area contributed by atoms with Gasteiger partial charge in [0, 0.05) is 37.5 Å². The van der Waals surface area contributed by atoms with Crippen molar-refractivity contribution >= 4 is 11.6 Å². The summed E-state index contributed by atoms with van der Waals surface area (Å²) in [6.07, 6.45) is -3.08. The minimum atomic E-state index is -4.72. The summed E-state index contributed by atoms with van der Waals surface area (Å²) in [5.41, 5.74) is 1.56. The van der Waals surface area contributed by atoms with Gasteiger partial charge in [0.25, 0.3) is 0 Å². The minimum absolute atomic E-state index is 0.104. The van der Waals surface area contributed by atoms with Gasteiger partial charge in [0.1, 0.15) is 5.82 Å². The summed E-state index contributed by atoms with van der Waals surface area (Å²) in [6, 6.07) is 15.2. The zero-order chi connectivity index (χ0) is 26.1. The van der Waals surface area contributed by atoms with Crippen LogP contribution in [0.3, 0.4) is 0 Å². The summed E-state index contributed by atoms with van der Waals surface area (Å²) in [6.45, 7) is 4.05. The van der Waals surface area contributed by atoms with Crippen LogP contribution in [-0.2, 0) is 31.7 Å². The third kappa shape index (κ3) is 5.29. The number of nitrogens with zero attached hydrogens (tertiary/aromatic N) is 3. The first-order chi connectivity index (χ1) is 17.0. The molecule has 0 aliphatic rings. The van der Waals surface area contributed by atoms with Crippen LogP contribution in [0, 0.1) is 19.7 Å². The van der Waals surface area contributed by atoms with Crippen LogP contribution in [0.2, 0.25) is 5.02 Å². The van der Waals surface area contributed by atoms with Crippen LogP contribution < -0.4 is 5.32 Å². The van der Waals surface area contributed by atoms with E-state index in [0.717, 1.165) is 34.6 Å². The third-order valence-electron chi connectivity index (χ3n) is 6.42. The second kappa shape index (κ2) is 10.0. The van der Waals surface area contributed by atoms with E-state index >= 15 is 0 Å². The Morgan fingerprint density at radius 2 is 1.67 bits per heavy atom. The van der Waals surface area contributed by atoms with Crippen molar-refractivity contribution < 1.29 is 17.6 Å². The summed E-state index contributed by atoms with van der Waals surface area (Å²) in [4.78, 5) is 4.49. The second-order valence-electron chi connectivity index (χ2n) is 8.78. The molecule has 0 amide bonds. The Hall–Kier alpha value is -3.23. The van der Waals surface area contributed by atoms with E-state index < -0.39 is 23.1 Å². The van der Waals surface area contributed by atoms with E-state index in [1.54, 1.807) is 16.8 Å². The molecule has 0 fully saturated rings. The normalized spacial score (nSPS) is 13.6. The molecule has 0 spiro atoms. The second-order valence-corrected chi connectivity index (χ2v) is 9.22. The molecule has 1 atom stereocenters. The molecule has 9 heteroatoms. The average Bonchev–Trinajstić information content (AvgIpc) is 3.07. The molecule has 188 valence electrons. The van der Waals surface area contributed by atoms with Crippen LogP contribution in [0.1, 0.15) is 39.3 Å². The molecule has 0 aliphatic carbocycles. The lowest BCUT2D eigenvalue weighted by molar-refractivity contribution is -0.137. The van der Waals surface area contributed by atoms with Crippen LogP contribution in [0.25, 0.3) is 0 Å². The number of hydrogen-bond donors (Lipinski definition) is 1. The average molecular weight is 517 g/mol. The van der Waals surface area contributed by atoms with E-state index in [1.807, 2.05) is 51.2 Å². The zero-order valence-corrected chi connectivity index (χ0v) is 20.8. The van der Waals surface area contributed by atoms with Gasteiger partial charge in [-0.3, -0.25) is 15.0 Å². The molecule has 0 saturated heterocycles. The van der Waals surface area contributed by atoms with E-state index in [0.29, 0.717) is 16.8 Å². The molecule has 4 rings (SSSR count). The highest BCUT2D eigenvalue weighted by Gasteiger charge is 2.39. The molecule has 0 radical (unpaired) electrons. The smallest absolute Gasteiger partial charge is 0.298 e. The zero-order valence-electron chi connectivity index (χ0n) is 20.0. The van der Waals surface area contributed by atoms with Gasteiger partial charge < -0.3 is 0 Å². The monoisotopic (exact) mass is 516 g/mol. The van der Waals surface area contributed by atoms with Crippen LogP contribution in [-0.4, -0.2) is 14.8 Å². The quantitative estimate of drug-likeness (QED) is 0.284. The molecule has 0 saturated carbocycles. The van der Waals surface area contributed by atoms with Gasteiger partial charge in [-0.05, 0) is 55.3 Å². The molecule has 36 heavy (non-hydrogen) atoms. The maximum atomic E-state index is 14.7. The molecule has 1 N–H and O–H groups in total. The number of nitrogens with one attached hydrogen (secondary N) is 1. The lowest BCUT2D eigenvalue weighted by atomic mass is 9.79. The van der Waals surface area contributed by atoms with Crippen molar-refractivity contribution in [3.05, 3.63) is 117 Å². The SMILES string of the molecule is Cc1nn(C)c(C)c1CNC(Cc1ccccc1)(c1cc(F)cc(C(F)(F)F)c1)c1ccc(Cl)cn1. The highest BCUT2D eigenvalue weighted by atomic mass is 35.5. The Balaban J connectivity index is 1.95. The van der Waals surface area contributed by atoms with Crippen LogP contribution in [0.5, 0.6) is 0 Å². The summed E-state index contributed by atoms with van der Waals surface area (Å²) in [5, 5.41) is 8.28. The number of hydrogen-bond acceptors (Lipinski definition) is 3. The lowest BCUT2D eigenvalue weighted by Crippen LogP contribution is -2.46. The fourth-order valence-electron chi connectivity index (χ4n) is 4.44. The minimum Gasteiger partial charge on any atom is -0.298 e. The first-order valence-electron chi connectivity index (χ1n) is 11.3. The largest absolute Gasteiger partial charge is 0.416 e. The molecule has 0 aliphatic heterocycles. The molecular formula is C27H25ClF4N4. The molecular weight excluding hydrogens is 492 g/mol. The van der Waals surface area contributed by atoms with Gasteiger partial charge in [-0.25, -0.2) is 4.39 Å². The predicted octanol–water partition coefficient (Wildman–Crippen LogP) is 6.52. The Labute approximate surface area is 211 Å². The maximum absolute atomic E-state index is 14.7. The fourth-order valence-corrected chi connectivity index (χ4v) is 4.55. The number of benzene rings is 2. The van der Waals surface area contributed by atoms with Crippen LogP contribution >= 0.6 is 11.6 Å². The molecule has 2 aromatic carbocycles. The summed E-state index contributed by atoms with van der Waals surface area (Å²) < 4.78 is 57.7. The lowest BCUT2D eigenvalue weighted by Gasteiger charge is -2.36. The van der Waals surface area contributed by atoms with E-state index in [-0.39, 0.29) is 18.5 Å². The van der Waals surface area contributed by atoms with Crippen molar-refractivity contribution in [1.82, 2.24) is 20.1 Å². The van der Waals surface area contributed by atoms with Gasteiger partial charge in [-0.15, -0.1) is 0 Å². The highest BCUT2D eigenvalue weighted by Crippen LogP contribution is 2.38. The van der Waals surface area contributed by atoms with Gasteiger partial charge >= 0.3 is 6.18 Å². The molecule has 0 bridgehead atoms. The van der Waals surface area contributed by atoms with Crippen LogP contribution in [0.15, 0.2) is 66.9 Å². The molecule has 2 heterocycles. The number of alkyl halides is 3. The highest BCUT2D eigenvalue weighted by molar-refractivity contribution is 6.30. The maximum Gasteiger partial charge on any atom is 0.416 e. The topological polar surface area (TPSA) is 42.7 Å². The van der Waals surface area contributed by atoms with E-state index in [9.17, 15) is 17.6 Å². The standard InChI is InChI=1S/C27H25ClF4N4/c1-17-24(18(2)36(3)35-17)16-34-26(14-19-7-5-4-6-8-19,25-10-9-22(28)15-33-25)20-11-21(27(30,31)32)13-23(29)12-20/h4-13,15,34H,14,16H2,1-3H3. The number of pyridine rings is 1. The summed E-state index contributed by atoms with van der Waals surface area (Å²) in [5.74, 6) is -0.984. The third-order valence-corrected chi connectivity index (χ3v) is 6.64. The number of halogens is 5. The van der Waals surface area contributed by atoms with E-state index in [4.69, 9.17) is 11.6 Å². The fraction of sp³-hybridized carbons (Fsp3) is 0.259. The van der Waals surface area contributed by atoms with Crippen molar-refractivity contribution in [1.29, 1.82) is 0 Å². The molecule has 4 aromatic rings. The number of rotatable bonds is 7. The van der Waals surface area contributed by atoms with Gasteiger partial charge in [-0.1, -0.05) is 41.9 Å². The van der Waals surface area contributed by atoms with Crippen molar-refractivity contribution in [2.45, 2.75) is 38.5 Å². The number of aryl methyl sites for hydroxylation is 2. The predicted molar refractivity (Wildman–Crippen MR) is 131 cm³/mol. The first-order valence-corrected chi connectivity index (χ1v) is 11.7. The van der Waals surface area contributed by atoms with Crippen molar-refractivity contribution in [2.75, 3.05) is 0 Å². The van der Waals surface area contributed by atoms with Gasteiger partial charge in [-0.2, -0.15) is 18.3 Å². The van der Waals surface area contributed by atoms with Crippen molar-refractivity contribution in [3.63, 3.8) is 0 Å². The van der Waals surface area contributed by atoms with E-state index in [1.165, 1.54) is 6.20 Å². The Kier molecular flexibility index (Phi) is 7.20. The Morgan fingerprint density at radius 1 is 0.972 bits per heavy atom.